The van der Waals surface area contributed by atoms with Crippen molar-refractivity contribution >= 4 is 12.7 Å². The molecule has 1 aromatic rings. The fourth-order valence-corrected chi connectivity index (χ4v) is 0.649. The molecule has 10 heavy (non-hydrogen) atoms. The van der Waals surface area contributed by atoms with Crippen molar-refractivity contribution in [1.82, 2.24) is 4.98 Å². The van der Waals surface area contributed by atoms with E-state index in [1.807, 2.05) is 12.3 Å². The Morgan fingerprint density at radius 2 is 2.30 bits per heavy atom. The Hall–Kier alpha value is -0.136. The van der Waals surface area contributed by atoms with Crippen LogP contribution in [0.1, 0.15) is 0 Å². The molecular weight excluding hydrogens is 199 g/mol. The summed E-state index contributed by atoms with van der Waals surface area (Å²) in [5, 5.41) is 1.86. The molecule has 0 aliphatic carbocycles. The fraction of sp³-hybridized carbons (Fsp3) is 0. The summed E-state index contributed by atoms with van der Waals surface area (Å²) in [7, 11) is 0. The summed E-state index contributed by atoms with van der Waals surface area (Å²) in [6.45, 7) is 7.26. The molecule has 0 saturated heterocycles. The smallest absolute Gasteiger partial charge is 0 e. The van der Waals surface area contributed by atoms with Crippen LogP contribution < -0.4 is 10.6 Å². The van der Waals surface area contributed by atoms with Gasteiger partial charge in [-0.1, -0.05) is 0 Å². The van der Waals surface area contributed by atoms with Gasteiger partial charge in [0.15, 0.2) is 0 Å². The van der Waals surface area contributed by atoms with Crippen molar-refractivity contribution in [1.29, 1.82) is 0 Å². The summed E-state index contributed by atoms with van der Waals surface area (Å²) in [4.78, 5) is 2.93. The van der Waals surface area contributed by atoms with Crippen LogP contribution in [0.2, 0.25) is 0 Å². The maximum atomic E-state index is 3.73. The molecule has 49 valence electrons. The summed E-state index contributed by atoms with van der Waals surface area (Å²) < 4.78 is 0. The number of aromatic amines is 1. The first-order valence-electron chi connectivity index (χ1n) is 2.71. The quantitative estimate of drug-likeness (QED) is 0.636. The summed E-state index contributed by atoms with van der Waals surface area (Å²) in [6.07, 6.45) is 6.38. The maximum absolute atomic E-state index is 3.73. The maximum Gasteiger partial charge on any atom is 0 e. The van der Waals surface area contributed by atoms with Crippen LogP contribution in [0.15, 0.2) is 24.9 Å². The van der Waals surface area contributed by atoms with E-state index in [4.69, 9.17) is 0 Å². The second-order valence-corrected chi connectivity index (χ2v) is 1.72. The van der Waals surface area contributed by atoms with E-state index in [-0.39, 0.29) is 32.7 Å². The van der Waals surface area contributed by atoms with Gasteiger partial charge in [0.05, 0.1) is 0 Å². The Morgan fingerprint density at radius 1 is 1.60 bits per heavy atom. The number of allylic oxidation sites excluding steroid dienone is 1. The summed E-state index contributed by atoms with van der Waals surface area (Å²) in [5.41, 5.74) is 0. The minimum atomic E-state index is 0. The minimum Gasteiger partial charge on any atom is -0.409 e. The normalized spacial score (nSPS) is 10.6. The number of hydrogen-bond donors (Lipinski definition) is 1. The average molecular weight is 207 g/mol. The second-order valence-electron chi connectivity index (χ2n) is 1.72. The van der Waals surface area contributed by atoms with Crippen molar-refractivity contribution in [3.8, 4) is 0 Å². The van der Waals surface area contributed by atoms with Gasteiger partial charge in [-0.3, -0.25) is 0 Å². The molecule has 0 fully saturated rings. The third-order valence-corrected chi connectivity index (χ3v) is 1.09. The van der Waals surface area contributed by atoms with Crippen molar-refractivity contribution in [3.05, 3.63) is 35.5 Å². The Kier molecular flexibility index (Phi) is 4.58. The molecule has 0 aliphatic rings. The van der Waals surface area contributed by atoms with E-state index in [1.165, 1.54) is 0 Å². The molecule has 0 aromatic carbocycles. The molecule has 2 heteroatoms. The first kappa shape index (κ1) is 9.86. The van der Waals surface area contributed by atoms with Crippen LogP contribution in [0.4, 0.5) is 0 Å². The second kappa shape index (κ2) is 4.64. The number of H-pyrrole nitrogens is 1. The van der Waals surface area contributed by atoms with Gasteiger partial charge in [0.1, 0.15) is 0 Å². The molecule has 1 nitrogen and oxygen atoms in total. The van der Waals surface area contributed by atoms with Crippen LogP contribution in [0.3, 0.4) is 0 Å². The van der Waals surface area contributed by atoms with Crippen LogP contribution in [-0.4, -0.2) is 4.98 Å². The largest absolute Gasteiger partial charge is 0.409 e. The van der Waals surface area contributed by atoms with E-state index in [1.54, 1.807) is 6.08 Å². The average Bonchev–Trinajstić information content (AvgIpc) is 2.18. The topological polar surface area (TPSA) is 15.8 Å². The van der Waals surface area contributed by atoms with Gasteiger partial charge in [-0.15, -0.1) is 23.9 Å². The van der Waals surface area contributed by atoms with Crippen LogP contribution in [0.5, 0.6) is 0 Å². The van der Waals surface area contributed by atoms with E-state index in [9.17, 15) is 0 Å². The molecule has 1 N–H and O–H groups in total. The number of nitrogens with one attached hydrogen (secondary N) is 1. The zero-order valence-corrected chi connectivity index (χ0v) is 8.56. The molecule has 0 bridgehead atoms. The zero-order chi connectivity index (χ0) is 6.69. The van der Waals surface area contributed by atoms with Gasteiger partial charge in [0, 0.05) is 32.7 Å². The van der Waals surface area contributed by atoms with Gasteiger partial charge in [-0.05, 0) is 11.5 Å². The number of aromatic nitrogens is 1. The van der Waals surface area contributed by atoms with Gasteiger partial charge in [0.25, 0.3) is 0 Å². The monoisotopic (exact) mass is 207 g/mol. The SMILES string of the molecule is C=C[C-]=c1cc[nH]c1=C.[Y]. The standard InChI is InChI=1S/C8H8N.Y/c1-3-4-8-5-6-9-7(8)2;/h3,5-6,9H,1-2H2;/q-1;. The molecule has 1 rings (SSSR count). The van der Waals surface area contributed by atoms with E-state index >= 15 is 0 Å². The Labute approximate surface area is 85.4 Å². The first-order valence-corrected chi connectivity index (χ1v) is 2.71. The molecule has 0 spiro atoms. The van der Waals surface area contributed by atoms with Gasteiger partial charge < -0.3 is 4.98 Å². The number of rotatable bonds is 1. The number of hydrogen-bond acceptors (Lipinski definition) is 0. The van der Waals surface area contributed by atoms with Crippen LogP contribution in [0, 0.1) is 0 Å². The molecular formula is C8H8NY-. The van der Waals surface area contributed by atoms with E-state index in [2.05, 4.69) is 24.2 Å². The fourth-order valence-electron chi connectivity index (χ4n) is 0.649. The van der Waals surface area contributed by atoms with E-state index < -0.39 is 0 Å². The molecule has 0 unspecified atom stereocenters. The van der Waals surface area contributed by atoms with Gasteiger partial charge >= 0.3 is 0 Å². The van der Waals surface area contributed by atoms with Gasteiger partial charge in [-0.25, -0.2) is 0 Å². The van der Waals surface area contributed by atoms with Gasteiger partial charge in [0.2, 0.25) is 0 Å². The third kappa shape index (κ3) is 2.24. The Morgan fingerprint density at radius 3 is 2.70 bits per heavy atom. The molecule has 1 heterocycles. The molecule has 0 saturated carbocycles. The molecule has 0 aliphatic heterocycles. The van der Waals surface area contributed by atoms with Crippen LogP contribution in [0.25, 0.3) is 12.7 Å². The predicted molar refractivity (Wildman–Crippen MR) is 39.2 cm³/mol. The molecule has 1 aromatic heterocycles. The zero-order valence-electron chi connectivity index (χ0n) is 5.72. The van der Waals surface area contributed by atoms with Gasteiger partial charge in [-0.2, -0.15) is 12.7 Å². The predicted octanol–water partition coefficient (Wildman–Crippen LogP) is 0.266. The minimum absolute atomic E-state index is 0. The molecule has 0 atom stereocenters. The van der Waals surface area contributed by atoms with Crippen molar-refractivity contribution in [2.24, 2.45) is 0 Å². The van der Waals surface area contributed by atoms with E-state index in [0.717, 1.165) is 10.6 Å². The Balaban J connectivity index is 0.000000810. The molecule has 1 radical (unpaired) electrons. The van der Waals surface area contributed by atoms with Crippen LogP contribution in [-0.2, 0) is 32.7 Å². The molecule has 0 amide bonds. The summed E-state index contributed by atoms with van der Waals surface area (Å²) >= 11 is 0. The van der Waals surface area contributed by atoms with E-state index in [0.29, 0.717) is 0 Å². The van der Waals surface area contributed by atoms with Crippen molar-refractivity contribution in [2.75, 3.05) is 0 Å². The summed E-state index contributed by atoms with van der Waals surface area (Å²) in [5.74, 6) is 0. The van der Waals surface area contributed by atoms with Crippen LogP contribution >= 0.6 is 0 Å². The van der Waals surface area contributed by atoms with Crippen molar-refractivity contribution in [2.45, 2.75) is 0 Å². The first-order chi connectivity index (χ1) is 4.34. The summed E-state index contributed by atoms with van der Waals surface area (Å²) in [6, 6.07) is 1.91. The third-order valence-electron chi connectivity index (χ3n) is 1.09. The van der Waals surface area contributed by atoms with Crippen molar-refractivity contribution in [3.63, 3.8) is 0 Å². The Bertz CT molecular complexity index is 297. The van der Waals surface area contributed by atoms with Crippen molar-refractivity contribution < 1.29 is 32.7 Å².